The molecule has 1 saturated carbocycles. The number of halogens is 3. The predicted molar refractivity (Wildman–Crippen MR) is 154 cm³/mol. The fraction of sp³-hybridized carbons (Fsp3) is 0.548. The molecule has 0 bridgehead atoms. The fourth-order valence-electron chi connectivity index (χ4n) is 7.07. The maximum atomic E-state index is 13.0. The van der Waals surface area contributed by atoms with E-state index in [4.69, 9.17) is 5.10 Å². The molecule has 3 aliphatic rings. The Balaban J connectivity index is 1.07. The molecule has 2 saturated heterocycles. The summed E-state index contributed by atoms with van der Waals surface area (Å²) in [5.74, 6) is -0.0388. The van der Waals surface area contributed by atoms with Crippen molar-refractivity contribution in [2.45, 2.75) is 63.6 Å². The van der Waals surface area contributed by atoms with Crippen molar-refractivity contribution in [2.75, 3.05) is 38.0 Å². The molecule has 1 aliphatic carbocycles. The van der Waals surface area contributed by atoms with E-state index in [1.165, 1.54) is 64.2 Å². The third-order valence-corrected chi connectivity index (χ3v) is 9.62. The third-order valence-electron chi connectivity index (χ3n) is 9.62. The van der Waals surface area contributed by atoms with Crippen molar-refractivity contribution in [3.8, 4) is 0 Å². The van der Waals surface area contributed by atoms with Gasteiger partial charge in [-0.2, -0.15) is 18.3 Å². The van der Waals surface area contributed by atoms with Crippen molar-refractivity contribution in [3.63, 3.8) is 0 Å². The number of carbonyl (C=O) groups is 2. The number of carbonyl (C=O) groups excluding carboxylic acids is 2. The van der Waals surface area contributed by atoms with Gasteiger partial charge in [-0.05, 0) is 100 Å². The van der Waals surface area contributed by atoms with Gasteiger partial charge in [0, 0.05) is 36.8 Å². The molecule has 1 amide bonds. The molecular weight excluding hydrogens is 545 g/mol. The van der Waals surface area contributed by atoms with E-state index in [0.29, 0.717) is 17.2 Å². The first kappa shape index (κ1) is 28.8. The van der Waals surface area contributed by atoms with Crippen molar-refractivity contribution in [2.24, 2.45) is 11.3 Å². The van der Waals surface area contributed by atoms with Crippen LogP contribution in [0.2, 0.25) is 0 Å². The Labute approximate surface area is 243 Å². The molecule has 224 valence electrons. The van der Waals surface area contributed by atoms with Crippen LogP contribution < -0.4 is 10.6 Å². The van der Waals surface area contributed by atoms with E-state index in [9.17, 15) is 22.8 Å². The minimum Gasteiger partial charge on any atom is -0.320 e. The van der Waals surface area contributed by atoms with E-state index in [-0.39, 0.29) is 23.0 Å². The molecule has 11 heteroatoms. The molecule has 2 N–H and O–H groups in total. The number of hydrogen-bond acceptors (Lipinski definition) is 6. The van der Waals surface area contributed by atoms with E-state index in [1.807, 2.05) is 10.9 Å². The SMILES string of the molecule is O=Cc1cc2nn(C3CCN(CC4CCC5(CCNCC5)CC4)CC3)cc2cc1NC(=O)c1cccc(C(F)(F)F)n1. The van der Waals surface area contributed by atoms with E-state index < -0.39 is 17.8 Å². The Hall–Kier alpha value is -3.31. The number of alkyl halides is 3. The number of aromatic nitrogens is 3. The van der Waals surface area contributed by atoms with Crippen molar-refractivity contribution in [1.29, 1.82) is 0 Å². The molecule has 42 heavy (non-hydrogen) atoms. The highest BCUT2D eigenvalue weighted by Crippen LogP contribution is 2.45. The van der Waals surface area contributed by atoms with Crippen LogP contribution in [0.5, 0.6) is 0 Å². The summed E-state index contributed by atoms with van der Waals surface area (Å²) >= 11 is 0. The first-order valence-corrected chi connectivity index (χ1v) is 15.0. The van der Waals surface area contributed by atoms with Crippen LogP contribution in [0.25, 0.3) is 10.9 Å². The van der Waals surface area contributed by atoms with Crippen molar-refractivity contribution in [1.82, 2.24) is 25.0 Å². The minimum absolute atomic E-state index is 0.196. The second kappa shape index (κ2) is 11.8. The monoisotopic (exact) mass is 582 g/mol. The van der Waals surface area contributed by atoms with Gasteiger partial charge in [-0.3, -0.25) is 14.3 Å². The number of nitrogens with one attached hydrogen (secondary N) is 2. The lowest BCUT2D eigenvalue weighted by atomic mass is 9.65. The molecule has 0 unspecified atom stereocenters. The number of anilines is 1. The fourth-order valence-corrected chi connectivity index (χ4v) is 7.07. The summed E-state index contributed by atoms with van der Waals surface area (Å²) in [6.45, 7) is 5.57. The molecule has 2 aromatic heterocycles. The highest BCUT2D eigenvalue weighted by atomic mass is 19.4. The number of amides is 1. The quantitative estimate of drug-likeness (QED) is 0.362. The van der Waals surface area contributed by atoms with Gasteiger partial charge in [0.2, 0.25) is 0 Å². The van der Waals surface area contributed by atoms with Gasteiger partial charge >= 0.3 is 6.18 Å². The van der Waals surface area contributed by atoms with Gasteiger partial charge in [0.15, 0.2) is 6.29 Å². The van der Waals surface area contributed by atoms with E-state index in [0.717, 1.165) is 49.4 Å². The molecule has 2 aliphatic heterocycles. The van der Waals surface area contributed by atoms with Crippen molar-refractivity contribution >= 4 is 28.8 Å². The molecular formula is C31H37F3N6O2. The third kappa shape index (κ3) is 6.22. The Morgan fingerprint density at radius 1 is 1.07 bits per heavy atom. The van der Waals surface area contributed by atoms with Crippen molar-refractivity contribution in [3.05, 3.63) is 53.5 Å². The number of piperidine rings is 2. The summed E-state index contributed by atoms with van der Waals surface area (Å²) in [4.78, 5) is 30.6. The smallest absolute Gasteiger partial charge is 0.320 e. The molecule has 8 nitrogen and oxygen atoms in total. The number of benzene rings is 1. The first-order chi connectivity index (χ1) is 20.2. The Bertz CT molecular complexity index is 1430. The molecule has 3 aromatic rings. The summed E-state index contributed by atoms with van der Waals surface area (Å²) < 4.78 is 41.1. The maximum absolute atomic E-state index is 13.0. The Morgan fingerprint density at radius 2 is 1.81 bits per heavy atom. The van der Waals surface area contributed by atoms with Crippen LogP contribution in [-0.4, -0.2) is 64.6 Å². The molecule has 1 spiro atoms. The molecule has 0 atom stereocenters. The maximum Gasteiger partial charge on any atom is 0.433 e. The second-order valence-corrected chi connectivity index (χ2v) is 12.3. The molecule has 4 heterocycles. The topological polar surface area (TPSA) is 92.2 Å². The predicted octanol–water partition coefficient (Wildman–Crippen LogP) is 5.71. The highest BCUT2D eigenvalue weighted by Gasteiger charge is 2.37. The van der Waals surface area contributed by atoms with E-state index >= 15 is 0 Å². The number of rotatable bonds is 6. The summed E-state index contributed by atoms with van der Waals surface area (Å²) in [6.07, 6.45) is 7.92. The largest absolute Gasteiger partial charge is 0.433 e. The van der Waals surface area contributed by atoms with Gasteiger partial charge in [0.05, 0.1) is 17.2 Å². The van der Waals surface area contributed by atoms with E-state index in [1.54, 1.807) is 12.1 Å². The summed E-state index contributed by atoms with van der Waals surface area (Å²) in [6, 6.07) is 6.61. The number of nitrogens with zero attached hydrogens (tertiary/aromatic N) is 4. The van der Waals surface area contributed by atoms with Crippen molar-refractivity contribution < 1.29 is 22.8 Å². The van der Waals surface area contributed by atoms with Crippen LogP contribution in [0.3, 0.4) is 0 Å². The van der Waals surface area contributed by atoms with Crippen LogP contribution in [0, 0.1) is 11.3 Å². The van der Waals surface area contributed by atoms with Gasteiger partial charge in [0.1, 0.15) is 11.4 Å². The van der Waals surface area contributed by atoms with Gasteiger partial charge in [-0.15, -0.1) is 0 Å². The lowest BCUT2D eigenvalue weighted by Gasteiger charge is -2.44. The van der Waals surface area contributed by atoms with Gasteiger partial charge in [-0.1, -0.05) is 6.07 Å². The van der Waals surface area contributed by atoms with Crippen LogP contribution in [0.15, 0.2) is 36.5 Å². The van der Waals surface area contributed by atoms with E-state index in [2.05, 4.69) is 20.5 Å². The van der Waals surface area contributed by atoms with Gasteiger partial charge in [-0.25, -0.2) is 4.98 Å². The molecule has 0 radical (unpaired) electrons. The zero-order valence-corrected chi connectivity index (χ0v) is 23.6. The Kier molecular flexibility index (Phi) is 8.06. The highest BCUT2D eigenvalue weighted by molar-refractivity contribution is 6.07. The minimum atomic E-state index is -4.67. The summed E-state index contributed by atoms with van der Waals surface area (Å²) in [5, 5.41) is 11.5. The number of hydrogen-bond donors (Lipinski definition) is 2. The molecule has 1 aromatic carbocycles. The van der Waals surface area contributed by atoms with Gasteiger partial charge in [0.25, 0.3) is 5.91 Å². The van der Waals surface area contributed by atoms with Crippen LogP contribution >= 0.6 is 0 Å². The average Bonchev–Trinajstić information content (AvgIpc) is 3.41. The molecule has 3 fully saturated rings. The van der Waals surface area contributed by atoms with Crippen LogP contribution in [0.1, 0.15) is 83.9 Å². The van der Waals surface area contributed by atoms with Crippen LogP contribution in [0.4, 0.5) is 18.9 Å². The number of pyridine rings is 1. The first-order valence-electron chi connectivity index (χ1n) is 15.0. The summed E-state index contributed by atoms with van der Waals surface area (Å²) in [7, 11) is 0. The van der Waals surface area contributed by atoms with Crippen LogP contribution in [-0.2, 0) is 6.18 Å². The number of fused-ring (bicyclic) bond motifs is 1. The normalized spacial score (nSPS) is 20.6. The number of likely N-dealkylation sites (tertiary alicyclic amines) is 1. The standard InChI is InChI=1S/C31H37F3N6O2/c32-31(33,34)28-3-1-2-25(36-28)29(42)37-26-16-22-19-40(38-27(22)17-23(26)20-41)24-6-14-39(15-7-24)18-21-4-8-30(9-5-21)10-12-35-13-11-30/h1-3,16-17,19-21,24,35H,4-15,18H2,(H,37,42). The number of aldehydes is 1. The van der Waals surface area contributed by atoms with Gasteiger partial charge < -0.3 is 15.5 Å². The average molecular weight is 583 g/mol. The molecule has 6 rings (SSSR count). The zero-order valence-electron chi connectivity index (χ0n) is 23.6. The Morgan fingerprint density at radius 3 is 2.50 bits per heavy atom. The lowest BCUT2D eigenvalue weighted by molar-refractivity contribution is -0.141. The lowest BCUT2D eigenvalue weighted by Crippen LogP contribution is -2.42. The second-order valence-electron chi connectivity index (χ2n) is 12.3. The zero-order chi connectivity index (χ0) is 29.3. The summed E-state index contributed by atoms with van der Waals surface area (Å²) in [5.41, 5.74) is 0.0829.